The van der Waals surface area contributed by atoms with Crippen LogP contribution in [0.3, 0.4) is 0 Å². The standard InChI is InChI=1S/C26H21FN2O2/c27-21-14-12-19(16-18(21)11-10-17-6-2-1-3-7-17)25(31)20-13-15-24(30)29-23-9-5-4-8-22(23)28-26(20)29/h1-3,6-7,12-16,22-23,28H,4-5,8-9H2/t22-,23+/m1/s1. The number of aromatic nitrogens is 1. The van der Waals surface area contributed by atoms with Crippen molar-refractivity contribution < 1.29 is 9.18 Å². The van der Waals surface area contributed by atoms with E-state index in [0.29, 0.717) is 16.9 Å². The third-order valence-electron chi connectivity index (χ3n) is 6.10. The van der Waals surface area contributed by atoms with Crippen molar-refractivity contribution in [1.82, 2.24) is 4.57 Å². The van der Waals surface area contributed by atoms with E-state index >= 15 is 0 Å². The summed E-state index contributed by atoms with van der Waals surface area (Å²) in [5, 5.41) is 3.41. The van der Waals surface area contributed by atoms with Crippen molar-refractivity contribution in [3.05, 3.63) is 99.1 Å². The highest BCUT2D eigenvalue weighted by atomic mass is 19.1. The van der Waals surface area contributed by atoms with Crippen molar-refractivity contribution in [2.75, 3.05) is 5.32 Å². The molecule has 2 aromatic carbocycles. The molecule has 1 aromatic heterocycles. The van der Waals surface area contributed by atoms with Gasteiger partial charge in [0.25, 0.3) is 5.56 Å². The van der Waals surface area contributed by atoms with E-state index in [0.717, 1.165) is 31.2 Å². The molecule has 3 aromatic rings. The molecule has 0 unspecified atom stereocenters. The number of anilines is 1. The minimum absolute atomic E-state index is 0.0875. The number of rotatable bonds is 2. The van der Waals surface area contributed by atoms with Crippen molar-refractivity contribution in [1.29, 1.82) is 0 Å². The molecule has 1 fully saturated rings. The van der Waals surface area contributed by atoms with Gasteiger partial charge in [-0.1, -0.05) is 42.9 Å². The van der Waals surface area contributed by atoms with Crippen molar-refractivity contribution in [3.8, 4) is 11.8 Å². The SMILES string of the molecule is O=C(c1ccc(F)c(C#Cc2ccccc2)c1)c1ccc(=O)n2c1N[C@@H]1CCCC[C@@H]12. The van der Waals surface area contributed by atoms with Crippen LogP contribution in [0, 0.1) is 17.7 Å². The molecule has 0 amide bonds. The second-order valence-corrected chi connectivity index (χ2v) is 8.05. The second kappa shape index (κ2) is 7.88. The van der Waals surface area contributed by atoms with E-state index in [4.69, 9.17) is 0 Å². The summed E-state index contributed by atoms with van der Waals surface area (Å²) in [6.45, 7) is 0. The monoisotopic (exact) mass is 412 g/mol. The molecule has 4 nitrogen and oxygen atoms in total. The predicted octanol–water partition coefficient (Wildman–Crippen LogP) is 4.53. The van der Waals surface area contributed by atoms with E-state index in [9.17, 15) is 14.0 Å². The third-order valence-corrected chi connectivity index (χ3v) is 6.10. The number of pyridine rings is 1. The number of nitrogens with one attached hydrogen (secondary N) is 1. The second-order valence-electron chi connectivity index (χ2n) is 8.05. The van der Waals surface area contributed by atoms with E-state index in [-0.39, 0.29) is 29.0 Å². The molecule has 1 saturated carbocycles. The molecule has 0 radical (unpaired) electrons. The fourth-order valence-corrected chi connectivity index (χ4v) is 4.56. The molecule has 5 rings (SSSR count). The minimum Gasteiger partial charge on any atom is -0.366 e. The molecular formula is C26H21FN2O2. The number of ketones is 1. The molecule has 0 saturated heterocycles. The normalized spacial score (nSPS) is 18.9. The van der Waals surface area contributed by atoms with Gasteiger partial charge in [0.15, 0.2) is 5.78 Å². The Labute approximate surface area is 179 Å². The quantitative estimate of drug-likeness (QED) is 0.497. The molecule has 0 spiro atoms. The number of hydrogen-bond acceptors (Lipinski definition) is 3. The van der Waals surface area contributed by atoms with Crippen LogP contribution in [0.2, 0.25) is 0 Å². The highest BCUT2D eigenvalue weighted by molar-refractivity contribution is 6.12. The lowest BCUT2D eigenvalue weighted by molar-refractivity contribution is 0.103. The molecular weight excluding hydrogens is 391 g/mol. The Bertz CT molecular complexity index is 1280. The summed E-state index contributed by atoms with van der Waals surface area (Å²) in [6, 6.07) is 16.8. The fraction of sp³-hybridized carbons (Fsp3) is 0.231. The topological polar surface area (TPSA) is 51.1 Å². The van der Waals surface area contributed by atoms with E-state index in [1.807, 2.05) is 30.3 Å². The van der Waals surface area contributed by atoms with Crippen molar-refractivity contribution in [2.24, 2.45) is 0 Å². The van der Waals surface area contributed by atoms with Crippen LogP contribution in [-0.4, -0.2) is 16.4 Å². The lowest BCUT2D eigenvalue weighted by Crippen LogP contribution is -2.29. The van der Waals surface area contributed by atoms with Crippen LogP contribution in [0.1, 0.15) is 58.8 Å². The molecule has 1 aliphatic carbocycles. The Morgan fingerprint density at radius 2 is 1.81 bits per heavy atom. The highest BCUT2D eigenvalue weighted by Crippen LogP contribution is 2.38. The Kier molecular flexibility index (Phi) is 4.91. The first-order valence-electron chi connectivity index (χ1n) is 10.6. The van der Waals surface area contributed by atoms with E-state index in [1.54, 1.807) is 10.6 Å². The van der Waals surface area contributed by atoms with Crippen LogP contribution in [-0.2, 0) is 0 Å². The van der Waals surface area contributed by atoms with Crippen LogP contribution >= 0.6 is 0 Å². The van der Waals surface area contributed by atoms with Crippen molar-refractivity contribution in [3.63, 3.8) is 0 Å². The number of nitrogens with zero attached hydrogens (tertiary/aromatic N) is 1. The van der Waals surface area contributed by atoms with Crippen LogP contribution in [0.4, 0.5) is 10.2 Å². The minimum atomic E-state index is -0.473. The van der Waals surface area contributed by atoms with Gasteiger partial charge in [-0.2, -0.15) is 0 Å². The summed E-state index contributed by atoms with van der Waals surface area (Å²) < 4.78 is 16.1. The van der Waals surface area contributed by atoms with Gasteiger partial charge in [-0.05, 0) is 49.2 Å². The van der Waals surface area contributed by atoms with E-state index in [1.165, 1.54) is 24.3 Å². The lowest BCUT2D eigenvalue weighted by Gasteiger charge is -2.25. The fourth-order valence-electron chi connectivity index (χ4n) is 4.56. The zero-order valence-corrected chi connectivity index (χ0v) is 16.9. The van der Waals surface area contributed by atoms with Gasteiger partial charge in [-0.25, -0.2) is 4.39 Å². The molecule has 1 aliphatic heterocycles. The van der Waals surface area contributed by atoms with Gasteiger partial charge >= 0.3 is 0 Å². The molecule has 2 heterocycles. The number of carbonyl (C=O) groups is 1. The lowest BCUT2D eigenvalue weighted by atomic mass is 9.91. The van der Waals surface area contributed by atoms with Crippen molar-refractivity contribution in [2.45, 2.75) is 37.8 Å². The first-order chi connectivity index (χ1) is 15.1. The van der Waals surface area contributed by atoms with Gasteiger partial charge in [-0.15, -0.1) is 0 Å². The maximum atomic E-state index is 14.3. The number of fused-ring (bicyclic) bond motifs is 3. The Balaban J connectivity index is 1.52. The summed E-state index contributed by atoms with van der Waals surface area (Å²) >= 11 is 0. The summed E-state index contributed by atoms with van der Waals surface area (Å²) in [7, 11) is 0. The number of carbonyl (C=O) groups excluding carboxylic acids is 1. The Morgan fingerprint density at radius 1 is 1.00 bits per heavy atom. The third kappa shape index (κ3) is 3.55. The summed E-state index contributed by atoms with van der Waals surface area (Å²) in [6.07, 6.45) is 4.10. The van der Waals surface area contributed by atoms with Gasteiger partial charge in [0, 0.05) is 23.2 Å². The molecule has 5 heteroatoms. The van der Waals surface area contributed by atoms with Gasteiger partial charge in [-0.3, -0.25) is 14.2 Å². The zero-order chi connectivity index (χ0) is 21.4. The average Bonchev–Trinajstić information content (AvgIpc) is 3.19. The summed E-state index contributed by atoms with van der Waals surface area (Å²) in [5.74, 6) is 5.62. The summed E-state index contributed by atoms with van der Waals surface area (Å²) in [4.78, 5) is 25.9. The maximum Gasteiger partial charge on any atom is 0.252 e. The largest absolute Gasteiger partial charge is 0.366 e. The predicted molar refractivity (Wildman–Crippen MR) is 118 cm³/mol. The highest BCUT2D eigenvalue weighted by Gasteiger charge is 2.36. The summed E-state index contributed by atoms with van der Waals surface area (Å²) in [5.41, 5.74) is 1.62. The molecule has 1 N–H and O–H groups in total. The molecule has 2 aliphatic rings. The molecule has 154 valence electrons. The van der Waals surface area contributed by atoms with Crippen LogP contribution in [0.15, 0.2) is 65.5 Å². The first-order valence-corrected chi connectivity index (χ1v) is 10.6. The van der Waals surface area contributed by atoms with Crippen molar-refractivity contribution >= 4 is 11.6 Å². The maximum absolute atomic E-state index is 14.3. The number of halogens is 1. The van der Waals surface area contributed by atoms with E-state index < -0.39 is 5.82 Å². The average molecular weight is 412 g/mol. The first kappa shape index (κ1) is 19.3. The van der Waals surface area contributed by atoms with Crippen LogP contribution in [0.25, 0.3) is 0 Å². The Hall–Kier alpha value is -3.65. The van der Waals surface area contributed by atoms with Gasteiger partial charge in [0.1, 0.15) is 11.6 Å². The smallest absolute Gasteiger partial charge is 0.252 e. The molecule has 2 atom stereocenters. The number of hydrogen-bond donors (Lipinski definition) is 1. The van der Waals surface area contributed by atoms with E-state index in [2.05, 4.69) is 17.2 Å². The molecule has 31 heavy (non-hydrogen) atoms. The number of benzene rings is 2. The van der Waals surface area contributed by atoms with Gasteiger partial charge in [0.2, 0.25) is 0 Å². The van der Waals surface area contributed by atoms with Gasteiger partial charge in [0.05, 0.1) is 17.2 Å². The van der Waals surface area contributed by atoms with Crippen LogP contribution in [0.5, 0.6) is 0 Å². The Morgan fingerprint density at radius 3 is 2.65 bits per heavy atom. The van der Waals surface area contributed by atoms with Gasteiger partial charge < -0.3 is 5.32 Å². The van der Waals surface area contributed by atoms with Crippen LogP contribution < -0.4 is 10.9 Å². The molecule has 0 bridgehead atoms. The zero-order valence-electron chi connectivity index (χ0n) is 16.9.